The average Bonchev–Trinajstić information content (AvgIpc) is 3.09. The fraction of sp³-hybridized carbons (Fsp3) is 0.227. The molecule has 5 nitrogen and oxygen atoms in total. The maximum Gasteiger partial charge on any atom is 0.286 e. The highest BCUT2D eigenvalue weighted by Crippen LogP contribution is 2.38. The van der Waals surface area contributed by atoms with E-state index in [-0.39, 0.29) is 0 Å². The summed E-state index contributed by atoms with van der Waals surface area (Å²) >= 11 is 0. The predicted molar refractivity (Wildman–Crippen MR) is 107 cm³/mol. The van der Waals surface area contributed by atoms with Crippen LogP contribution in [0.4, 0.5) is 13.2 Å². The lowest BCUT2D eigenvalue weighted by Crippen LogP contribution is -2.48. The molecular weight excluding hydrogens is 393 g/mol. The topological polar surface area (TPSA) is 59.3 Å². The zero-order valence-corrected chi connectivity index (χ0v) is 16.4. The van der Waals surface area contributed by atoms with Gasteiger partial charge in [-0.2, -0.15) is 4.39 Å². The van der Waals surface area contributed by atoms with Gasteiger partial charge in [0.05, 0.1) is 6.04 Å². The Labute approximate surface area is 170 Å². The molecule has 0 bridgehead atoms. The van der Waals surface area contributed by atoms with E-state index in [1.807, 2.05) is 6.92 Å². The molecule has 1 N–H and O–H groups in total. The number of nitrogens with zero attached hydrogens (tertiary/aromatic N) is 3. The van der Waals surface area contributed by atoms with Crippen LogP contribution in [-0.4, -0.2) is 21.4 Å². The number of nitrogens with one attached hydrogen (secondary N) is 1. The third-order valence-electron chi connectivity index (χ3n) is 5.40. The lowest BCUT2D eigenvalue weighted by molar-refractivity contribution is 0.430. The van der Waals surface area contributed by atoms with Crippen LogP contribution in [0.1, 0.15) is 30.5 Å². The van der Waals surface area contributed by atoms with Crippen molar-refractivity contribution in [2.24, 2.45) is 4.99 Å². The van der Waals surface area contributed by atoms with Crippen LogP contribution in [0.3, 0.4) is 0 Å². The molecule has 3 aromatic rings. The number of pyridine rings is 2. The Morgan fingerprint density at radius 1 is 1.10 bits per heavy atom. The van der Waals surface area contributed by atoms with Gasteiger partial charge in [-0.1, -0.05) is 18.2 Å². The van der Waals surface area contributed by atoms with Crippen LogP contribution in [0.5, 0.6) is 0 Å². The van der Waals surface area contributed by atoms with E-state index in [0.717, 1.165) is 6.07 Å². The van der Waals surface area contributed by atoms with E-state index < -0.39 is 34.7 Å². The third kappa shape index (κ3) is 3.18. The molecule has 0 spiro atoms. The first-order valence-electron chi connectivity index (χ1n) is 9.49. The quantitative estimate of drug-likeness (QED) is 0.669. The number of benzene rings is 1. The van der Waals surface area contributed by atoms with Crippen molar-refractivity contribution in [1.29, 1.82) is 0 Å². The second kappa shape index (κ2) is 7.44. The fourth-order valence-electron chi connectivity index (χ4n) is 3.84. The van der Waals surface area contributed by atoms with Gasteiger partial charge in [-0.3, -0.25) is 9.79 Å². The first-order valence-corrected chi connectivity index (χ1v) is 9.49. The number of aromatic nitrogens is 2. The maximum atomic E-state index is 14.2. The van der Waals surface area contributed by atoms with Crippen LogP contribution in [-0.2, 0) is 12.1 Å². The minimum absolute atomic E-state index is 0.303. The van der Waals surface area contributed by atoms with E-state index in [4.69, 9.17) is 0 Å². The van der Waals surface area contributed by atoms with Crippen LogP contribution in [0, 0.1) is 17.6 Å². The van der Waals surface area contributed by atoms with Crippen molar-refractivity contribution in [2.45, 2.75) is 32.0 Å². The summed E-state index contributed by atoms with van der Waals surface area (Å²) < 4.78 is 42.5. The van der Waals surface area contributed by atoms with Crippen molar-refractivity contribution in [1.82, 2.24) is 14.9 Å². The fourth-order valence-corrected chi connectivity index (χ4v) is 3.84. The average molecular weight is 412 g/mol. The van der Waals surface area contributed by atoms with Gasteiger partial charge in [0.15, 0.2) is 5.82 Å². The monoisotopic (exact) mass is 412 g/mol. The number of aliphatic imine (C=N–C) groups is 1. The SMILES string of the molecule is CCn1cc(C2=NC(C)C(c3ccc(F)cc3)(c3ccc(F)nc3)N2)cc(F)c1=O. The molecule has 3 heterocycles. The molecule has 2 aromatic heterocycles. The van der Waals surface area contributed by atoms with E-state index in [1.165, 1.54) is 35.2 Å². The Hall–Kier alpha value is -3.42. The van der Waals surface area contributed by atoms with E-state index in [1.54, 1.807) is 25.1 Å². The molecule has 154 valence electrons. The minimum atomic E-state index is -0.979. The molecule has 0 radical (unpaired) electrons. The van der Waals surface area contributed by atoms with E-state index in [0.29, 0.717) is 29.1 Å². The lowest BCUT2D eigenvalue weighted by atomic mass is 9.79. The van der Waals surface area contributed by atoms with Crippen LogP contribution in [0.2, 0.25) is 0 Å². The number of hydrogen-bond donors (Lipinski definition) is 1. The van der Waals surface area contributed by atoms with Gasteiger partial charge >= 0.3 is 0 Å². The smallest absolute Gasteiger partial charge is 0.286 e. The van der Waals surface area contributed by atoms with Gasteiger partial charge in [0.2, 0.25) is 5.95 Å². The largest absolute Gasteiger partial charge is 0.354 e. The van der Waals surface area contributed by atoms with Gasteiger partial charge in [-0.15, -0.1) is 0 Å². The summed E-state index contributed by atoms with van der Waals surface area (Å²) in [6, 6.07) is 9.44. The number of rotatable bonds is 4. The molecule has 1 aliphatic rings. The Morgan fingerprint density at radius 2 is 1.80 bits per heavy atom. The number of hydrogen-bond acceptors (Lipinski definition) is 4. The van der Waals surface area contributed by atoms with Crippen LogP contribution in [0.25, 0.3) is 0 Å². The summed E-state index contributed by atoms with van der Waals surface area (Å²) in [4.78, 5) is 20.3. The molecule has 2 unspecified atom stereocenters. The van der Waals surface area contributed by atoms with Gasteiger partial charge in [0, 0.05) is 30.1 Å². The highest BCUT2D eigenvalue weighted by molar-refractivity contribution is 6.01. The summed E-state index contributed by atoms with van der Waals surface area (Å²) in [5.74, 6) is -1.53. The molecule has 0 aliphatic carbocycles. The lowest BCUT2D eigenvalue weighted by Gasteiger charge is -2.34. The normalized spacial score (nSPS) is 20.7. The molecule has 8 heteroatoms. The second-order valence-corrected chi connectivity index (χ2v) is 7.13. The first-order chi connectivity index (χ1) is 14.3. The Bertz CT molecular complexity index is 1120. The molecule has 2 atom stereocenters. The maximum absolute atomic E-state index is 14.2. The molecular formula is C22H19F3N4O. The van der Waals surface area contributed by atoms with Gasteiger partial charge in [-0.05, 0) is 43.7 Å². The summed E-state index contributed by atoms with van der Waals surface area (Å²) in [7, 11) is 0. The van der Waals surface area contributed by atoms with Crippen LogP contribution in [0.15, 0.2) is 64.6 Å². The minimum Gasteiger partial charge on any atom is -0.354 e. The second-order valence-electron chi connectivity index (χ2n) is 7.13. The van der Waals surface area contributed by atoms with Crippen molar-refractivity contribution in [2.75, 3.05) is 0 Å². The molecule has 4 rings (SSSR count). The van der Waals surface area contributed by atoms with E-state index >= 15 is 0 Å². The molecule has 0 fully saturated rings. The number of amidine groups is 1. The zero-order chi connectivity index (χ0) is 21.5. The summed E-state index contributed by atoms with van der Waals surface area (Å²) in [6.45, 7) is 3.89. The Morgan fingerprint density at radius 3 is 2.43 bits per heavy atom. The molecule has 30 heavy (non-hydrogen) atoms. The van der Waals surface area contributed by atoms with Crippen molar-refractivity contribution in [3.05, 3.63) is 99.5 Å². The van der Waals surface area contributed by atoms with Crippen molar-refractivity contribution >= 4 is 5.84 Å². The molecule has 0 amide bonds. The van der Waals surface area contributed by atoms with E-state index in [9.17, 15) is 18.0 Å². The van der Waals surface area contributed by atoms with Crippen LogP contribution < -0.4 is 10.9 Å². The van der Waals surface area contributed by atoms with Crippen molar-refractivity contribution in [3.8, 4) is 0 Å². The standard InChI is InChI=1S/C22H19F3N4O/c1-3-29-12-14(10-18(24)21(29)30)20-27-13(2)22(28-20,15-4-7-17(23)8-5-15)16-6-9-19(25)26-11-16/h4-13H,3H2,1-2H3,(H,27,28). The molecule has 0 saturated carbocycles. The van der Waals surface area contributed by atoms with Crippen molar-refractivity contribution < 1.29 is 13.2 Å². The van der Waals surface area contributed by atoms with Gasteiger partial charge < -0.3 is 9.88 Å². The highest BCUT2D eigenvalue weighted by Gasteiger charge is 2.45. The van der Waals surface area contributed by atoms with Gasteiger partial charge in [-0.25, -0.2) is 13.8 Å². The predicted octanol–water partition coefficient (Wildman–Crippen LogP) is 3.36. The summed E-state index contributed by atoms with van der Waals surface area (Å²) in [6.07, 6.45) is 2.93. The van der Waals surface area contributed by atoms with Crippen LogP contribution >= 0.6 is 0 Å². The highest BCUT2D eigenvalue weighted by atomic mass is 19.1. The Balaban J connectivity index is 1.86. The van der Waals surface area contributed by atoms with Gasteiger partial charge in [0.1, 0.15) is 17.2 Å². The molecule has 1 aliphatic heterocycles. The Kier molecular flexibility index (Phi) is 4.93. The third-order valence-corrected chi connectivity index (χ3v) is 5.40. The number of aryl methyl sites for hydroxylation is 1. The van der Waals surface area contributed by atoms with Crippen molar-refractivity contribution in [3.63, 3.8) is 0 Å². The molecule has 1 aromatic carbocycles. The first kappa shape index (κ1) is 19.9. The number of halogens is 3. The zero-order valence-electron chi connectivity index (χ0n) is 16.4. The molecule has 0 saturated heterocycles. The van der Waals surface area contributed by atoms with E-state index in [2.05, 4.69) is 15.3 Å². The summed E-state index contributed by atoms with van der Waals surface area (Å²) in [5, 5.41) is 3.32. The summed E-state index contributed by atoms with van der Waals surface area (Å²) in [5.41, 5.74) is 0.0205. The van der Waals surface area contributed by atoms with Gasteiger partial charge in [0.25, 0.3) is 5.56 Å².